The lowest BCUT2D eigenvalue weighted by Gasteiger charge is -2.17. The van der Waals surface area contributed by atoms with Gasteiger partial charge in [-0.3, -0.25) is 4.79 Å². The fourth-order valence-electron chi connectivity index (χ4n) is 2.58. The van der Waals surface area contributed by atoms with E-state index in [-0.39, 0.29) is 5.91 Å². The highest BCUT2D eigenvalue weighted by Gasteiger charge is 2.21. The van der Waals surface area contributed by atoms with Crippen LogP contribution in [0.15, 0.2) is 48.5 Å². The molecule has 0 radical (unpaired) electrons. The van der Waals surface area contributed by atoms with Gasteiger partial charge in [-0.05, 0) is 46.8 Å². The molecule has 0 fully saturated rings. The highest BCUT2D eigenvalue weighted by Crippen LogP contribution is 2.24. The highest BCUT2D eigenvalue weighted by atomic mass is 16.2. The molecule has 0 aliphatic rings. The number of hydrogen-bond donors (Lipinski definition) is 2. The zero-order chi connectivity index (χ0) is 21.0. The van der Waals surface area contributed by atoms with Crippen LogP contribution in [0.25, 0.3) is 16.7 Å². The van der Waals surface area contributed by atoms with E-state index in [0.29, 0.717) is 11.5 Å². The Morgan fingerprint density at radius 3 is 2.31 bits per heavy atom. The summed E-state index contributed by atoms with van der Waals surface area (Å²) in [6, 6.07) is 15.1. The molecule has 0 bridgehead atoms. The zero-order valence-corrected chi connectivity index (χ0v) is 17.3. The molecule has 2 aromatic heterocycles. The maximum atomic E-state index is 12.1. The quantitative estimate of drug-likeness (QED) is 0.536. The molecule has 0 aliphatic carbocycles. The number of aromatic nitrogens is 5. The van der Waals surface area contributed by atoms with Crippen LogP contribution in [-0.4, -0.2) is 30.9 Å². The number of anilines is 3. The van der Waals surface area contributed by atoms with Gasteiger partial charge in [0.1, 0.15) is 0 Å². The molecule has 0 atom stereocenters. The van der Waals surface area contributed by atoms with Crippen molar-refractivity contribution in [3.05, 3.63) is 48.5 Å². The number of fused-ring (bicyclic) bond motifs is 3. The topological polar surface area (TPSA) is 97.1 Å². The third-order valence-electron chi connectivity index (χ3n) is 4.11. The van der Waals surface area contributed by atoms with Crippen molar-refractivity contribution in [3.8, 4) is 0 Å². The molecule has 2 N–H and O–H groups in total. The van der Waals surface area contributed by atoms with Crippen LogP contribution >= 0.6 is 0 Å². The van der Waals surface area contributed by atoms with Crippen molar-refractivity contribution in [2.75, 3.05) is 10.6 Å². The molecule has 150 valence electrons. The first kappa shape index (κ1) is 20.2. The summed E-state index contributed by atoms with van der Waals surface area (Å²) in [6.07, 6.45) is 0. The molecular formula is C21H25N7O. The van der Waals surface area contributed by atoms with Gasteiger partial charge in [0, 0.05) is 16.8 Å². The van der Waals surface area contributed by atoms with E-state index in [1.165, 1.54) is 0 Å². The Hall–Kier alpha value is -3.55. The maximum Gasteiger partial charge on any atom is 0.229 e. The summed E-state index contributed by atoms with van der Waals surface area (Å²) in [4.78, 5) is 16.7. The first-order valence-corrected chi connectivity index (χ1v) is 9.57. The van der Waals surface area contributed by atoms with Gasteiger partial charge >= 0.3 is 0 Å². The number of carbonyl (C=O) groups excluding carboxylic acids is 1. The summed E-state index contributed by atoms with van der Waals surface area (Å²) in [5.41, 5.74) is 3.27. The van der Waals surface area contributed by atoms with Crippen LogP contribution < -0.4 is 10.6 Å². The largest absolute Gasteiger partial charge is 0.337 e. The monoisotopic (exact) mass is 391 g/mol. The smallest absolute Gasteiger partial charge is 0.229 e. The van der Waals surface area contributed by atoms with Crippen molar-refractivity contribution in [2.45, 2.75) is 34.6 Å². The van der Waals surface area contributed by atoms with Crippen LogP contribution in [0.5, 0.6) is 0 Å². The van der Waals surface area contributed by atoms with Crippen LogP contribution in [0.4, 0.5) is 17.2 Å². The van der Waals surface area contributed by atoms with Crippen LogP contribution in [-0.2, 0) is 4.79 Å². The van der Waals surface area contributed by atoms with Crippen molar-refractivity contribution < 1.29 is 4.79 Å². The Morgan fingerprint density at radius 2 is 1.62 bits per heavy atom. The molecule has 0 aliphatic heterocycles. The molecule has 0 unspecified atom stereocenters. The number of amides is 1. The number of nitrogens with one attached hydrogen (secondary N) is 2. The summed E-state index contributed by atoms with van der Waals surface area (Å²) < 4.78 is 1.66. The third kappa shape index (κ3) is 4.31. The predicted octanol–water partition coefficient (Wildman–Crippen LogP) is 4.43. The Balaban J connectivity index is 0.00000117. The molecule has 8 nitrogen and oxygen atoms in total. The number of tetrazole rings is 1. The van der Waals surface area contributed by atoms with Crippen LogP contribution in [0, 0.1) is 5.41 Å². The van der Waals surface area contributed by atoms with Gasteiger partial charge in [0.25, 0.3) is 0 Å². The van der Waals surface area contributed by atoms with E-state index < -0.39 is 5.41 Å². The van der Waals surface area contributed by atoms with Gasteiger partial charge in [0.2, 0.25) is 11.6 Å². The number of carbonyl (C=O) groups is 1. The van der Waals surface area contributed by atoms with Gasteiger partial charge in [0.05, 0.1) is 11.0 Å². The first-order valence-electron chi connectivity index (χ1n) is 9.57. The Morgan fingerprint density at radius 1 is 0.966 bits per heavy atom. The average molecular weight is 391 g/mol. The second-order valence-corrected chi connectivity index (χ2v) is 7.27. The van der Waals surface area contributed by atoms with E-state index in [9.17, 15) is 4.79 Å². The second kappa shape index (κ2) is 8.22. The number of nitrogens with zero attached hydrogens (tertiary/aromatic N) is 5. The van der Waals surface area contributed by atoms with Crippen molar-refractivity contribution in [2.24, 2.45) is 5.41 Å². The number of hydrogen-bond acceptors (Lipinski definition) is 6. The molecule has 29 heavy (non-hydrogen) atoms. The Labute approximate surface area is 169 Å². The Bertz CT molecular complexity index is 1130. The average Bonchev–Trinajstić information content (AvgIpc) is 3.21. The molecule has 0 saturated carbocycles. The van der Waals surface area contributed by atoms with Crippen molar-refractivity contribution >= 4 is 39.8 Å². The molecule has 4 aromatic rings. The third-order valence-corrected chi connectivity index (χ3v) is 4.11. The van der Waals surface area contributed by atoms with Crippen molar-refractivity contribution in [1.82, 2.24) is 25.0 Å². The first-order chi connectivity index (χ1) is 13.9. The van der Waals surface area contributed by atoms with Gasteiger partial charge < -0.3 is 10.6 Å². The minimum absolute atomic E-state index is 0.0318. The lowest BCUT2D eigenvalue weighted by molar-refractivity contribution is -0.123. The summed E-state index contributed by atoms with van der Waals surface area (Å²) in [6.45, 7) is 9.63. The molecule has 1 amide bonds. The van der Waals surface area contributed by atoms with Gasteiger partial charge in [-0.15, -0.1) is 5.10 Å². The van der Waals surface area contributed by atoms with E-state index in [1.54, 1.807) is 4.52 Å². The number of rotatable bonds is 3. The van der Waals surface area contributed by atoms with Crippen LogP contribution in [0.1, 0.15) is 34.6 Å². The number of benzene rings is 2. The van der Waals surface area contributed by atoms with Gasteiger partial charge in [-0.25, -0.2) is 4.98 Å². The molecular weight excluding hydrogens is 366 g/mol. The van der Waals surface area contributed by atoms with Gasteiger partial charge in [0.15, 0.2) is 5.82 Å². The summed E-state index contributed by atoms with van der Waals surface area (Å²) in [5.74, 6) is 0.529. The summed E-state index contributed by atoms with van der Waals surface area (Å²) >= 11 is 0. The van der Waals surface area contributed by atoms with Gasteiger partial charge in [-0.2, -0.15) is 4.52 Å². The Kier molecular flexibility index (Phi) is 5.72. The zero-order valence-electron chi connectivity index (χ0n) is 17.3. The van der Waals surface area contributed by atoms with E-state index in [2.05, 4.69) is 31.1 Å². The van der Waals surface area contributed by atoms with E-state index in [0.717, 1.165) is 22.4 Å². The fraction of sp³-hybridized carbons (Fsp3) is 0.286. The standard InChI is InChI=1S/C19H19N7O.C2H6/c1-19(2,3)18(27)21-13-10-8-12(9-11-13)20-16-17-23-24-25-26(17)15-7-5-4-6-14(15)22-16;1-2/h4-11H,1-3H3,(H,20,22)(H,21,27);1-2H3. The maximum absolute atomic E-state index is 12.1. The molecule has 0 spiro atoms. The minimum Gasteiger partial charge on any atom is -0.337 e. The van der Waals surface area contributed by atoms with Crippen molar-refractivity contribution in [3.63, 3.8) is 0 Å². The highest BCUT2D eigenvalue weighted by molar-refractivity contribution is 5.94. The predicted molar refractivity (Wildman–Crippen MR) is 115 cm³/mol. The van der Waals surface area contributed by atoms with E-state index >= 15 is 0 Å². The van der Waals surface area contributed by atoms with Crippen molar-refractivity contribution in [1.29, 1.82) is 0 Å². The fourth-order valence-corrected chi connectivity index (χ4v) is 2.58. The summed E-state index contributed by atoms with van der Waals surface area (Å²) in [5, 5.41) is 18.0. The molecule has 8 heteroatoms. The van der Waals surface area contributed by atoms with E-state index in [1.807, 2.05) is 83.1 Å². The lowest BCUT2D eigenvalue weighted by atomic mass is 9.95. The lowest BCUT2D eigenvalue weighted by Crippen LogP contribution is -2.27. The SMILES string of the molecule is CC.CC(C)(C)C(=O)Nc1ccc(Nc2nc3ccccc3n3nnnc23)cc1. The summed E-state index contributed by atoms with van der Waals surface area (Å²) in [7, 11) is 0. The number of para-hydroxylation sites is 2. The van der Waals surface area contributed by atoms with Gasteiger partial charge in [-0.1, -0.05) is 46.8 Å². The molecule has 0 saturated heterocycles. The second-order valence-electron chi connectivity index (χ2n) is 7.27. The minimum atomic E-state index is -0.446. The van der Waals surface area contributed by atoms with Crippen LogP contribution in [0.3, 0.4) is 0 Å². The molecule has 2 aromatic carbocycles. The molecule has 4 rings (SSSR count). The molecule has 2 heterocycles. The van der Waals surface area contributed by atoms with Crippen LogP contribution in [0.2, 0.25) is 0 Å². The normalized spacial score (nSPS) is 11.1. The van der Waals surface area contributed by atoms with E-state index in [4.69, 9.17) is 0 Å².